The van der Waals surface area contributed by atoms with Crippen molar-refractivity contribution in [3.05, 3.63) is 29.8 Å². The quantitative estimate of drug-likeness (QED) is 0.805. The molecule has 2 heteroatoms. The number of nitrogens with two attached hydrogens (primary N) is 1. The lowest BCUT2D eigenvalue weighted by Gasteiger charge is -2.13. The molecule has 0 bridgehead atoms. The second-order valence-electron chi connectivity index (χ2n) is 4.35. The van der Waals surface area contributed by atoms with Gasteiger partial charge in [-0.25, -0.2) is 0 Å². The third-order valence-corrected chi connectivity index (χ3v) is 2.60. The molecule has 0 amide bonds. The Morgan fingerprint density at radius 1 is 1.13 bits per heavy atom. The molecule has 15 heavy (non-hydrogen) atoms. The Bertz CT molecular complexity index is 279. The van der Waals surface area contributed by atoms with E-state index in [1.807, 2.05) is 24.3 Å². The molecule has 0 saturated heterocycles. The molecule has 0 aromatic heterocycles. The van der Waals surface area contributed by atoms with E-state index >= 15 is 0 Å². The maximum absolute atomic E-state index is 6.09. The zero-order valence-corrected chi connectivity index (χ0v) is 9.86. The van der Waals surface area contributed by atoms with Gasteiger partial charge in [0.25, 0.3) is 0 Å². The number of methoxy groups -OCH3 is 1. The Hall–Kier alpha value is -1.02. The van der Waals surface area contributed by atoms with Gasteiger partial charge in [-0.1, -0.05) is 26.0 Å². The molecule has 1 aromatic rings. The zero-order valence-electron chi connectivity index (χ0n) is 9.86. The Morgan fingerprint density at radius 2 is 1.73 bits per heavy atom. The molecule has 2 N–H and O–H groups in total. The molecule has 0 aliphatic rings. The van der Waals surface area contributed by atoms with Crippen LogP contribution in [0.3, 0.4) is 0 Å². The summed E-state index contributed by atoms with van der Waals surface area (Å²) in [5.74, 6) is 1.60. The van der Waals surface area contributed by atoms with Crippen LogP contribution in [-0.2, 0) is 0 Å². The minimum atomic E-state index is 0.151. The fourth-order valence-electron chi connectivity index (χ4n) is 1.53. The monoisotopic (exact) mass is 207 g/mol. The van der Waals surface area contributed by atoms with Gasteiger partial charge < -0.3 is 10.5 Å². The van der Waals surface area contributed by atoms with E-state index in [0.717, 1.165) is 12.2 Å². The molecule has 1 aromatic carbocycles. The highest BCUT2D eigenvalue weighted by atomic mass is 16.5. The SMILES string of the molecule is COc1ccc([C@H](N)CCC(C)C)cc1. The number of hydrogen-bond donors (Lipinski definition) is 1. The summed E-state index contributed by atoms with van der Waals surface area (Å²) in [5.41, 5.74) is 7.29. The highest BCUT2D eigenvalue weighted by Crippen LogP contribution is 2.20. The first kappa shape index (κ1) is 12.1. The first-order valence-corrected chi connectivity index (χ1v) is 5.53. The van der Waals surface area contributed by atoms with Crippen molar-refractivity contribution in [2.24, 2.45) is 11.7 Å². The first-order valence-electron chi connectivity index (χ1n) is 5.53. The van der Waals surface area contributed by atoms with Gasteiger partial charge in [0.2, 0.25) is 0 Å². The van der Waals surface area contributed by atoms with E-state index in [9.17, 15) is 0 Å². The molecule has 0 aliphatic heterocycles. The molecule has 0 aliphatic carbocycles. The van der Waals surface area contributed by atoms with Crippen LogP contribution in [0.25, 0.3) is 0 Å². The summed E-state index contributed by atoms with van der Waals surface area (Å²) < 4.78 is 5.11. The van der Waals surface area contributed by atoms with E-state index in [4.69, 9.17) is 10.5 Å². The summed E-state index contributed by atoms with van der Waals surface area (Å²) in [5, 5.41) is 0. The van der Waals surface area contributed by atoms with Crippen LogP contribution in [0.1, 0.15) is 38.3 Å². The van der Waals surface area contributed by atoms with Crippen LogP contribution < -0.4 is 10.5 Å². The fourth-order valence-corrected chi connectivity index (χ4v) is 1.53. The van der Waals surface area contributed by atoms with Crippen molar-refractivity contribution in [2.75, 3.05) is 7.11 Å². The van der Waals surface area contributed by atoms with Crippen LogP contribution in [-0.4, -0.2) is 7.11 Å². The summed E-state index contributed by atoms with van der Waals surface area (Å²) in [6.45, 7) is 4.45. The molecule has 0 saturated carbocycles. The molecule has 0 radical (unpaired) electrons. The summed E-state index contributed by atoms with van der Waals surface area (Å²) in [7, 11) is 1.67. The predicted molar refractivity (Wildman–Crippen MR) is 64.0 cm³/mol. The third-order valence-electron chi connectivity index (χ3n) is 2.60. The Kier molecular flexibility index (Phi) is 4.63. The number of benzene rings is 1. The Labute approximate surface area is 92.4 Å². The predicted octanol–water partition coefficient (Wildman–Crippen LogP) is 3.13. The Balaban J connectivity index is 2.54. The molecule has 2 nitrogen and oxygen atoms in total. The Morgan fingerprint density at radius 3 is 2.20 bits per heavy atom. The zero-order chi connectivity index (χ0) is 11.3. The van der Waals surface area contributed by atoms with E-state index in [0.29, 0.717) is 5.92 Å². The van der Waals surface area contributed by atoms with E-state index in [1.54, 1.807) is 7.11 Å². The summed E-state index contributed by atoms with van der Waals surface area (Å²) in [6.07, 6.45) is 2.22. The van der Waals surface area contributed by atoms with Crippen LogP contribution in [0.4, 0.5) is 0 Å². The third kappa shape index (κ3) is 3.92. The topological polar surface area (TPSA) is 35.2 Å². The van der Waals surface area contributed by atoms with E-state index in [-0.39, 0.29) is 6.04 Å². The van der Waals surface area contributed by atoms with E-state index < -0.39 is 0 Å². The van der Waals surface area contributed by atoms with Crippen molar-refractivity contribution < 1.29 is 4.74 Å². The maximum Gasteiger partial charge on any atom is 0.118 e. The molecule has 0 unspecified atom stereocenters. The molecule has 0 spiro atoms. The van der Waals surface area contributed by atoms with Gasteiger partial charge in [-0.2, -0.15) is 0 Å². The molecule has 1 atom stereocenters. The van der Waals surface area contributed by atoms with Crippen molar-refractivity contribution in [3.63, 3.8) is 0 Å². The minimum absolute atomic E-state index is 0.151. The second-order valence-corrected chi connectivity index (χ2v) is 4.35. The van der Waals surface area contributed by atoms with Gasteiger partial charge in [-0.15, -0.1) is 0 Å². The van der Waals surface area contributed by atoms with Gasteiger partial charge in [0.1, 0.15) is 5.75 Å². The van der Waals surface area contributed by atoms with E-state index in [1.165, 1.54) is 12.0 Å². The lowest BCUT2D eigenvalue weighted by molar-refractivity contribution is 0.414. The van der Waals surface area contributed by atoms with Gasteiger partial charge in [0.05, 0.1) is 7.11 Å². The molecule has 0 heterocycles. The second kappa shape index (κ2) is 5.76. The normalized spacial score (nSPS) is 12.9. The standard InChI is InChI=1S/C13H21NO/c1-10(2)4-9-13(14)11-5-7-12(15-3)8-6-11/h5-8,10,13H,4,9,14H2,1-3H3/t13-/m1/s1. The van der Waals surface area contributed by atoms with Crippen molar-refractivity contribution in [1.82, 2.24) is 0 Å². The smallest absolute Gasteiger partial charge is 0.118 e. The molecule has 0 fully saturated rings. The van der Waals surface area contributed by atoms with Gasteiger partial charge in [0.15, 0.2) is 0 Å². The summed E-state index contributed by atoms with van der Waals surface area (Å²) in [4.78, 5) is 0. The van der Waals surface area contributed by atoms with Crippen LogP contribution in [0.15, 0.2) is 24.3 Å². The number of ether oxygens (including phenoxy) is 1. The van der Waals surface area contributed by atoms with Gasteiger partial charge in [-0.05, 0) is 36.5 Å². The average molecular weight is 207 g/mol. The van der Waals surface area contributed by atoms with Gasteiger partial charge in [-0.3, -0.25) is 0 Å². The van der Waals surface area contributed by atoms with Crippen LogP contribution in [0.5, 0.6) is 5.75 Å². The molecular weight excluding hydrogens is 186 g/mol. The molecule has 1 rings (SSSR count). The first-order chi connectivity index (χ1) is 7.13. The average Bonchev–Trinajstić information content (AvgIpc) is 2.26. The van der Waals surface area contributed by atoms with E-state index in [2.05, 4.69) is 13.8 Å². The largest absolute Gasteiger partial charge is 0.497 e. The lowest BCUT2D eigenvalue weighted by atomic mass is 9.98. The van der Waals surface area contributed by atoms with Crippen molar-refractivity contribution in [2.45, 2.75) is 32.7 Å². The maximum atomic E-state index is 6.09. The number of rotatable bonds is 5. The van der Waals surface area contributed by atoms with Crippen LogP contribution >= 0.6 is 0 Å². The number of hydrogen-bond acceptors (Lipinski definition) is 2. The van der Waals surface area contributed by atoms with Gasteiger partial charge in [0, 0.05) is 6.04 Å². The summed E-state index contributed by atoms with van der Waals surface area (Å²) in [6, 6.07) is 8.17. The van der Waals surface area contributed by atoms with Gasteiger partial charge >= 0.3 is 0 Å². The highest BCUT2D eigenvalue weighted by Gasteiger charge is 2.06. The summed E-state index contributed by atoms with van der Waals surface area (Å²) >= 11 is 0. The molecule has 84 valence electrons. The van der Waals surface area contributed by atoms with Crippen molar-refractivity contribution in [1.29, 1.82) is 0 Å². The van der Waals surface area contributed by atoms with Crippen LogP contribution in [0, 0.1) is 5.92 Å². The van der Waals surface area contributed by atoms with Crippen molar-refractivity contribution >= 4 is 0 Å². The molecular formula is C13H21NO. The van der Waals surface area contributed by atoms with Crippen molar-refractivity contribution in [3.8, 4) is 5.75 Å². The minimum Gasteiger partial charge on any atom is -0.497 e. The fraction of sp³-hybridized carbons (Fsp3) is 0.538. The lowest BCUT2D eigenvalue weighted by Crippen LogP contribution is -2.11. The highest BCUT2D eigenvalue weighted by molar-refractivity contribution is 5.28. The van der Waals surface area contributed by atoms with Crippen LogP contribution in [0.2, 0.25) is 0 Å².